The number of hydrogen-bond acceptors (Lipinski definition) is 2. The highest BCUT2D eigenvalue weighted by atomic mass is 79.9. The lowest BCUT2D eigenvalue weighted by Crippen LogP contribution is -2.31. The minimum absolute atomic E-state index is 0.0920. The number of hydrogen-bond donors (Lipinski definition) is 0. The molecule has 0 fully saturated rings. The van der Waals surface area contributed by atoms with E-state index in [-0.39, 0.29) is 5.91 Å². The minimum Gasteiger partial charge on any atom is -0.334 e. The summed E-state index contributed by atoms with van der Waals surface area (Å²) in [5.41, 5.74) is 1.93. The summed E-state index contributed by atoms with van der Waals surface area (Å²) in [5, 5.41) is 4.14. The van der Waals surface area contributed by atoms with Gasteiger partial charge < -0.3 is 4.90 Å². The van der Waals surface area contributed by atoms with Crippen molar-refractivity contribution in [1.82, 2.24) is 4.90 Å². The summed E-state index contributed by atoms with van der Waals surface area (Å²) in [4.78, 5) is 14.4. The van der Waals surface area contributed by atoms with Crippen molar-refractivity contribution in [3.63, 3.8) is 0 Å². The van der Waals surface area contributed by atoms with E-state index in [9.17, 15) is 4.79 Å². The monoisotopic (exact) mass is 337 g/mol. The fraction of sp³-hybridized carbons (Fsp3) is 0.267. The van der Waals surface area contributed by atoms with E-state index >= 15 is 0 Å². The molecule has 1 amide bonds. The lowest BCUT2D eigenvalue weighted by atomic mass is 10.2. The summed E-state index contributed by atoms with van der Waals surface area (Å²) in [5.74, 6) is 0.0920. The number of rotatable bonds is 5. The third-order valence-corrected chi connectivity index (χ3v) is 4.03. The van der Waals surface area contributed by atoms with Crippen LogP contribution in [0, 0.1) is 0 Å². The van der Waals surface area contributed by atoms with Gasteiger partial charge in [0.1, 0.15) is 0 Å². The summed E-state index contributed by atoms with van der Waals surface area (Å²) in [6.45, 7) is 3.55. The number of benzene rings is 1. The highest BCUT2D eigenvalue weighted by Crippen LogP contribution is 2.16. The number of amides is 1. The third kappa shape index (κ3) is 3.91. The maximum absolute atomic E-state index is 12.5. The summed E-state index contributed by atoms with van der Waals surface area (Å²) in [7, 11) is 0. The Labute approximate surface area is 126 Å². The second-order valence-corrected chi connectivity index (χ2v) is 6.06. The molecule has 19 heavy (non-hydrogen) atoms. The van der Waals surface area contributed by atoms with Gasteiger partial charge >= 0.3 is 0 Å². The number of thiophene rings is 1. The SMILES string of the molecule is CCCN(Cc1ccsc1)C(=O)c1cccc(Br)c1. The first-order chi connectivity index (χ1) is 9.20. The molecule has 1 aromatic carbocycles. The van der Waals surface area contributed by atoms with Crippen molar-refractivity contribution < 1.29 is 4.79 Å². The molecule has 0 saturated carbocycles. The van der Waals surface area contributed by atoms with Crippen LogP contribution in [0.5, 0.6) is 0 Å². The maximum atomic E-state index is 12.5. The van der Waals surface area contributed by atoms with Crippen molar-refractivity contribution in [1.29, 1.82) is 0 Å². The molecule has 1 aromatic heterocycles. The molecule has 1 heterocycles. The van der Waals surface area contributed by atoms with Gasteiger partial charge in [-0.2, -0.15) is 11.3 Å². The molecular weight excluding hydrogens is 322 g/mol. The van der Waals surface area contributed by atoms with Gasteiger partial charge in [-0.15, -0.1) is 0 Å². The van der Waals surface area contributed by atoms with Crippen LogP contribution in [0.4, 0.5) is 0 Å². The summed E-state index contributed by atoms with van der Waals surface area (Å²) >= 11 is 5.07. The second-order valence-electron chi connectivity index (χ2n) is 4.37. The molecule has 0 aliphatic heterocycles. The molecule has 4 heteroatoms. The lowest BCUT2D eigenvalue weighted by Gasteiger charge is -2.22. The van der Waals surface area contributed by atoms with Gasteiger partial charge in [-0.05, 0) is 47.0 Å². The van der Waals surface area contributed by atoms with E-state index in [0.29, 0.717) is 6.54 Å². The topological polar surface area (TPSA) is 20.3 Å². The quantitative estimate of drug-likeness (QED) is 0.782. The van der Waals surface area contributed by atoms with Gasteiger partial charge in [0.25, 0.3) is 5.91 Å². The van der Waals surface area contributed by atoms with Gasteiger partial charge in [0.05, 0.1) is 0 Å². The standard InChI is InChI=1S/C15H16BrNOS/c1-2-7-17(10-12-6-8-19-11-12)15(18)13-4-3-5-14(16)9-13/h3-6,8-9,11H,2,7,10H2,1H3. The average Bonchev–Trinajstić information content (AvgIpc) is 2.90. The van der Waals surface area contributed by atoms with Gasteiger partial charge in [0.2, 0.25) is 0 Å². The molecule has 0 atom stereocenters. The van der Waals surface area contributed by atoms with E-state index in [1.165, 1.54) is 5.56 Å². The predicted molar refractivity (Wildman–Crippen MR) is 83.5 cm³/mol. The number of carbonyl (C=O) groups is 1. The number of carbonyl (C=O) groups excluding carboxylic acids is 1. The molecule has 0 aliphatic carbocycles. The van der Waals surface area contributed by atoms with Crippen molar-refractivity contribution in [3.05, 3.63) is 56.7 Å². The van der Waals surface area contributed by atoms with Crippen molar-refractivity contribution in [2.45, 2.75) is 19.9 Å². The Kier molecular flexibility index (Phi) is 5.16. The second kappa shape index (κ2) is 6.87. The zero-order valence-electron chi connectivity index (χ0n) is 10.8. The van der Waals surface area contributed by atoms with Gasteiger partial charge in [-0.1, -0.05) is 28.9 Å². The number of halogens is 1. The fourth-order valence-electron chi connectivity index (χ4n) is 1.93. The largest absolute Gasteiger partial charge is 0.334 e. The Morgan fingerprint density at radius 1 is 1.37 bits per heavy atom. The zero-order chi connectivity index (χ0) is 13.7. The summed E-state index contributed by atoms with van der Waals surface area (Å²) in [6.07, 6.45) is 0.962. The van der Waals surface area contributed by atoms with Gasteiger partial charge in [0.15, 0.2) is 0 Å². The first kappa shape index (κ1) is 14.3. The lowest BCUT2D eigenvalue weighted by molar-refractivity contribution is 0.0743. The van der Waals surface area contributed by atoms with Crippen molar-refractivity contribution >= 4 is 33.2 Å². The number of nitrogens with zero attached hydrogens (tertiary/aromatic N) is 1. The van der Waals surface area contributed by atoms with E-state index in [4.69, 9.17) is 0 Å². The Hall–Kier alpha value is -1.13. The van der Waals surface area contributed by atoms with Gasteiger partial charge in [-0.25, -0.2) is 0 Å². The Balaban J connectivity index is 2.16. The van der Waals surface area contributed by atoms with Crippen LogP contribution >= 0.6 is 27.3 Å². The third-order valence-electron chi connectivity index (χ3n) is 2.81. The molecule has 100 valence electrons. The Morgan fingerprint density at radius 2 is 2.21 bits per heavy atom. The van der Waals surface area contributed by atoms with Crippen LogP contribution in [-0.2, 0) is 6.54 Å². The highest BCUT2D eigenvalue weighted by Gasteiger charge is 2.15. The fourth-order valence-corrected chi connectivity index (χ4v) is 2.99. The first-order valence-corrected chi connectivity index (χ1v) is 8.00. The zero-order valence-corrected chi connectivity index (χ0v) is 13.2. The molecular formula is C15H16BrNOS. The van der Waals surface area contributed by atoms with E-state index in [1.807, 2.05) is 34.5 Å². The molecule has 2 rings (SSSR count). The molecule has 0 aliphatic rings. The van der Waals surface area contributed by atoms with E-state index in [2.05, 4.69) is 34.3 Å². The highest BCUT2D eigenvalue weighted by molar-refractivity contribution is 9.10. The molecule has 2 nitrogen and oxygen atoms in total. The van der Waals surface area contributed by atoms with Crippen LogP contribution in [-0.4, -0.2) is 17.4 Å². The first-order valence-electron chi connectivity index (χ1n) is 6.26. The normalized spacial score (nSPS) is 10.4. The van der Waals surface area contributed by atoms with Gasteiger partial charge in [-0.3, -0.25) is 4.79 Å². The molecule has 0 radical (unpaired) electrons. The van der Waals surface area contributed by atoms with Crippen LogP contribution in [0.1, 0.15) is 29.3 Å². The molecule has 0 spiro atoms. The molecule has 0 bridgehead atoms. The summed E-state index contributed by atoms with van der Waals surface area (Å²) in [6, 6.07) is 9.63. The molecule has 0 N–H and O–H groups in total. The molecule has 2 aromatic rings. The Morgan fingerprint density at radius 3 is 2.84 bits per heavy atom. The van der Waals surface area contributed by atoms with Crippen LogP contribution in [0.25, 0.3) is 0 Å². The van der Waals surface area contributed by atoms with E-state index in [1.54, 1.807) is 11.3 Å². The van der Waals surface area contributed by atoms with Crippen molar-refractivity contribution in [2.24, 2.45) is 0 Å². The van der Waals surface area contributed by atoms with Crippen LogP contribution in [0.3, 0.4) is 0 Å². The molecule has 0 saturated heterocycles. The molecule has 0 unspecified atom stereocenters. The summed E-state index contributed by atoms with van der Waals surface area (Å²) < 4.78 is 0.935. The van der Waals surface area contributed by atoms with Crippen LogP contribution in [0.2, 0.25) is 0 Å². The van der Waals surface area contributed by atoms with E-state index < -0.39 is 0 Å². The van der Waals surface area contributed by atoms with Crippen LogP contribution < -0.4 is 0 Å². The van der Waals surface area contributed by atoms with Crippen molar-refractivity contribution in [2.75, 3.05) is 6.54 Å². The maximum Gasteiger partial charge on any atom is 0.254 e. The van der Waals surface area contributed by atoms with Crippen LogP contribution in [0.15, 0.2) is 45.6 Å². The average molecular weight is 338 g/mol. The smallest absolute Gasteiger partial charge is 0.254 e. The minimum atomic E-state index is 0.0920. The Bertz CT molecular complexity index is 539. The van der Waals surface area contributed by atoms with Gasteiger partial charge in [0, 0.05) is 23.1 Å². The van der Waals surface area contributed by atoms with E-state index in [0.717, 1.165) is 23.0 Å². The predicted octanol–water partition coefficient (Wildman–Crippen LogP) is 4.56. The van der Waals surface area contributed by atoms with Crippen molar-refractivity contribution in [3.8, 4) is 0 Å².